The lowest BCUT2D eigenvalue weighted by Gasteiger charge is -2.35. The third-order valence-corrected chi connectivity index (χ3v) is 5.41. The first kappa shape index (κ1) is 23.1. The average Bonchev–Trinajstić information content (AvgIpc) is 3.62. The second-order valence-electron chi connectivity index (χ2n) is 7.70. The Morgan fingerprint density at radius 2 is 1.94 bits per heavy atom. The summed E-state index contributed by atoms with van der Waals surface area (Å²) in [5, 5.41) is 9.61. The minimum absolute atomic E-state index is 0.0377. The van der Waals surface area contributed by atoms with Crippen molar-refractivity contribution in [1.29, 1.82) is 0 Å². The second kappa shape index (κ2) is 11.8. The first-order valence-electron chi connectivity index (χ1n) is 11.0. The SMILES string of the molecule is CCNC(=NCC(=O)NC1CC1)NCC(c1ccc(OC)c(OC)c1)N1CCOCC1. The fraction of sp³-hybridized carbons (Fsp3) is 0.636. The number of hydrogen-bond acceptors (Lipinski definition) is 6. The second-order valence-corrected chi connectivity index (χ2v) is 7.70. The number of methoxy groups -OCH3 is 2. The summed E-state index contributed by atoms with van der Waals surface area (Å²) in [5.74, 6) is 2.00. The number of guanidine groups is 1. The maximum atomic E-state index is 12.0. The Morgan fingerprint density at radius 3 is 2.58 bits per heavy atom. The lowest BCUT2D eigenvalue weighted by molar-refractivity contribution is -0.119. The smallest absolute Gasteiger partial charge is 0.242 e. The highest BCUT2D eigenvalue weighted by Gasteiger charge is 2.25. The molecule has 0 bridgehead atoms. The van der Waals surface area contributed by atoms with Crippen LogP contribution in [-0.2, 0) is 9.53 Å². The molecular formula is C22H35N5O4. The number of aliphatic imine (C=N–C) groups is 1. The van der Waals surface area contributed by atoms with Gasteiger partial charge in [0, 0.05) is 32.2 Å². The highest BCUT2D eigenvalue weighted by Crippen LogP contribution is 2.32. The molecule has 2 aliphatic rings. The summed E-state index contributed by atoms with van der Waals surface area (Å²) in [6, 6.07) is 6.45. The Hall–Kier alpha value is -2.52. The molecule has 31 heavy (non-hydrogen) atoms. The van der Waals surface area contributed by atoms with E-state index in [2.05, 4.69) is 31.9 Å². The highest BCUT2D eigenvalue weighted by atomic mass is 16.5. The van der Waals surface area contributed by atoms with Crippen LogP contribution in [0.3, 0.4) is 0 Å². The zero-order valence-corrected chi connectivity index (χ0v) is 18.8. The van der Waals surface area contributed by atoms with Crippen molar-refractivity contribution in [2.24, 2.45) is 4.99 Å². The van der Waals surface area contributed by atoms with E-state index in [0.29, 0.717) is 49.8 Å². The summed E-state index contributed by atoms with van der Waals surface area (Å²) < 4.78 is 16.4. The highest BCUT2D eigenvalue weighted by molar-refractivity contribution is 5.85. The molecule has 2 fully saturated rings. The molecule has 1 saturated carbocycles. The largest absolute Gasteiger partial charge is 0.493 e. The molecule has 1 aromatic rings. The first-order valence-corrected chi connectivity index (χ1v) is 11.0. The van der Waals surface area contributed by atoms with Gasteiger partial charge in [-0.3, -0.25) is 9.69 Å². The van der Waals surface area contributed by atoms with Crippen molar-refractivity contribution in [3.63, 3.8) is 0 Å². The van der Waals surface area contributed by atoms with Crippen LogP contribution in [-0.4, -0.2) is 83.0 Å². The quantitative estimate of drug-likeness (QED) is 0.373. The number of carbonyl (C=O) groups excluding carboxylic acids is 1. The zero-order chi connectivity index (χ0) is 22.1. The zero-order valence-electron chi connectivity index (χ0n) is 18.8. The Balaban J connectivity index is 1.71. The molecule has 1 heterocycles. The van der Waals surface area contributed by atoms with Gasteiger partial charge in [0.2, 0.25) is 5.91 Å². The molecule has 172 valence electrons. The van der Waals surface area contributed by atoms with Gasteiger partial charge in [0.25, 0.3) is 0 Å². The molecule has 9 heteroatoms. The van der Waals surface area contributed by atoms with Gasteiger partial charge in [-0.15, -0.1) is 0 Å². The van der Waals surface area contributed by atoms with Gasteiger partial charge >= 0.3 is 0 Å². The molecule has 3 rings (SSSR count). The van der Waals surface area contributed by atoms with E-state index >= 15 is 0 Å². The summed E-state index contributed by atoms with van der Waals surface area (Å²) in [5.41, 5.74) is 1.12. The Bertz CT molecular complexity index is 747. The predicted molar refractivity (Wildman–Crippen MR) is 120 cm³/mol. The van der Waals surface area contributed by atoms with E-state index in [9.17, 15) is 4.79 Å². The van der Waals surface area contributed by atoms with Crippen LogP contribution in [0.15, 0.2) is 23.2 Å². The van der Waals surface area contributed by atoms with Gasteiger partial charge in [-0.2, -0.15) is 0 Å². The minimum atomic E-state index is -0.0377. The lowest BCUT2D eigenvalue weighted by atomic mass is 10.0. The van der Waals surface area contributed by atoms with Crippen molar-refractivity contribution in [3.05, 3.63) is 23.8 Å². The van der Waals surface area contributed by atoms with Crippen LogP contribution in [0.2, 0.25) is 0 Å². The first-order chi connectivity index (χ1) is 15.1. The number of rotatable bonds is 10. The summed E-state index contributed by atoms with van der Waals surface area (Å²) in [7, 11) is 3.28. The van der Waals surface area contributed by atoms with Gasteiger partial charge < -0.3 is 30.2 Å². The molecule has 1 unspecified atom stereocenters. The fourth-order valence-electron chi connectivity index (χ4n) is 3.59. The van der Waals surface area contributed by atoms with Crippen LogP contribution < -0.4 is 25.4 Å². The molecule has 9 nitrogen and oxygen atoms in total. The van der Waals surface area contributed by atoms with Crippen molar-refractivity contribution < 1.29 is 19.0 Å². The number of ether oxygens (including phenoxy) is 3. The standard InChI is InChI=1S/C22H35N5O4/c1-4-23-22(25-15-21(28)26-17-6-7-17)24-14-18(27-9-11-31-12-10-27)16-5-8-19(29-2)20(13-16)30-3/h5,8,13,17-18H,4,6-7,9-12,14-15H2,1-3H3,(H,26,28)(H2,23,24,25). The van der Waals surface area contributed by atoms with Gasteiger partial charge in [-0.05, 0) is 37.5 Å². The number of carbonyl (C=O) groups is 1. The molecule has 0 spiro atoms. The Morgan fingerprint density at radius 1 is 1.19 bits per heavy atom. The van der Waals surface area contributed by atoms with E-state index in [1.807, 2.05) is 19.1 Å². The van der Waals surface area contributed by atoms with E-state index in [4.69, 9.17) is 14.2 Å². The van der Waals surface area contributed by atoms with E-state index in [0.717, 1.165) is 31.5 Å². The van der Waals surface area contributed by atoms with E-state index in [-0.39, 0.29) is 18.5 Å². The Labute approximate surface area is 184 Å². The predicted octanol–water partition coefficient (Wildman–Crippen LogP) is 0.911. The summed E-state index contributed by atoms with van der Waals surface area (Å²) in [4.78, 5) is 18.9. The van der Waals surface area contributed by atoms with Gasteiger partial charge in [0.1, 0.15) is 6.54 Å². The number of amides is 1. The fourth-order valence-corrected chi connectivity index (χ4v) is 3.59. The molecule has 1 amide bonds. The third-order valence-electron chi connectivity index (χ3n) is 5.41. The molecule has 3 N–H and O–H groups in total. The maximum absolute atomic E-state index is 12.0. The minimum Gasteiger partial charge on any atom is -0.493 e. The normalized spacial score (nSPS) is 18.2. The van der Waals surface area contributed by atoms with Gasteiger partial charge in [-0.1, -0.05) is 6.07 Å². The summed E-state index contributed by atoms with van der Waals surface area (Å²) in [6.07, 6.45) is 2.14. The van der Waals surface area contributed by atoms with Crippen LogP contribution in [0.1, 0.15) is 31.4 Å². The van der Waals surface area contributed by atoms with Crippen molar-refractivity contribution in [2.75, 3.05) is 60.2 Å². The molecule has 1 saturated heterocycles. The molecule has 1 aromatic carbocycles. The topological polar surface area (TPSA) is 96.5 Å². The number of nitrogens with one attached hydrogen (secondary N) is 3. The number of benzene rings is 1. The van der Waals surface area contributed by atoms with Crippen LogP contribution >= 0.6 is 0 Å². The van der Waals surface area contributed by atoms with Crippen LogP contribution in [0.5, 0.6) is 11.5 Å². The third kappa shape index (κ3) is 7.00. The maximum Gasteiger partial charge on any atom is 0.242 e. The molecule has 1 atom stereocenters. The van der Waals surface area contributed by atoms with Gasteiger partial charge in [0.15, 0.2) is 17.5 Å². The summed E-state index contributed by atoms with van der Waals surface area (Å²) in [6.45, 7) is 6.58. The number of hydrogen-bond donors (Lipinski definition) is 3. The number of nitrogens with zero attached hydrogens (tertiary/aromatic N) is 2. The summed E-state index contributed by atoms with van der Waals surface area (Å²) >= 11 is 0. The molecule has 0 aromatic heterocycles. The van der Waals surface area contributed by atoms with E-state index in [1.54, 1.807) is 14.2 Å². The van der Waals surface area contributed by atoms with Crippen LogP contribution in [0, 0.1) is 0 Å². The molecular weight excluding hydrogens is 398 g/mol. The molecule has 1 aliphatic heterocycles. The number of morpholine rings is 1. The molecule has 0 radical (unpaired) electrons. The average molecular weight is 434 g/mol. The van der Waals surface area contributed by atoms with Crippen LogP contribution in [0.25, 0.3) is 0 Å². The van der Waals surface area contributed by atoms with Gasteiger partial charge in [-0.25, -0.2) is 4.99 Å². The van der Waals surface area contributed by atoms with Crippen molar-refractivity contribution in [1.82, 2.24) is 20.9 Å². The van der Waals surface area contributed by atoms with Gasteiger partial charge in [0.05, 0.1) is 33.5 Å². The Kier molecular flexibility index (Phi) is 8.78. The van der Waals surface area contributed by atoms with Crippen LogP contribution in [0.4, 0.5) is 0 Å². The molecule has 1 aliphatic carbocycles. The lowest BCUT2D eigenvalue weighted by Crippen LogP contribution is -2.46. The monoisotopic (exact) mass is 433 g/mol. The van der Waals surface area contributed by atoms with E-state index < -0.39 is 0 Å². The van der Waals surface area contributed by atoms with Crippen molar-refractivity contribution in [2.45, 2.75) is 31.8 Å². The van der Waals surface area contributed by atoms with E-state index in [1.165, 1.54) is 0 Å². The van der Waals surface area contributed by atoms with Crippen molar-refractivity contribution in [3.8, 4) is 11.5 Å². The van der Waals surface area contributed by atoms with Crippen molar-refractivity contribution >= 4 is 11.9 Å².